The van der Waals surface area contributed by atoms with Crippen LogP contribution in [-0.2, 0) is 34.8 Å². The molecule has 11 heteroatoms. The predicted octanol–water partition coefficient (Wildman–Crippen LogP) is 2.32. The SMILES string of the molecule is CC[C@@]1(O)C(=O)OCc2c1cc1n(c2=O)Cc2c-1nc1cc3c(cc1c2CNC(=O)c1cccc(N)c1)OCO3. The second-order valence-corrected chi connectivity index (χ2v) is 10.1. The van der Waals surface area contributed by atoms with E-state index in [4.69, 9.17) is 24.9 Å². The molecule has 0 saturated carbocycles. The number of aliphatic hydroxyl groups is 1. The monoisotopic (exact) mass is 540 g/mol. The minimum absolute atomic E-state index is 0.0461. The first-order valence-corrected chi connectivity index (χ1v) is 12.8. The zero-order valence-corrected chi connectivity index (χ0v) is 21.4. The fraction of sp³-hybridized carbons (Fsp3) is 0.241. The van der Waals surface area contributed by atoms with Gasteiger partial charge >= 0.3 is 5.97 Å². The number of nitrogens with zero attached hydrogens (tertiary/aromatic N) is 2. The summed E-state index contributed by atoms with van der Waals surface area (Å²) in [6.07, 6.45) is 0.0461. The topological polar surface area (TPSA) is 155 Å². The number of benzene rings is 2. The molecule has 2 aromatic carbocycles. The molecule has 40 heavy (non-hydrogen) atoms. The molecule has 0 radical (unpaired) electrons. The van der Waals surface area contributed by atoms with Gasteiger partial charge < -0.3 is 34.9 Å². The number of cyclic esters (lactones) is 1. The summed E-state index contributed by atoms with van der Waals surface area (Å²) >= 11 is 0. The summed E-state index contributed by atoms with van der Waals surface area (Å²) in [5.41, 5.74) is 8.02. The number of hydrogen-bond acceptors (Lipinski definition) is 9. The van der Waals surface area contributed by atoms with E-state index in [1.807, 2.05) is 6.07 Å². The summed E-state index contributed by atoms with van der Waals surface area (Å²) in [6, 6.07) is 11.9. The summed E-state index contributed by atoms with van der Waals surface area (Å²) in [4.78, 5) is 44.1. The van der Waals surface area contributed by atoms with Gasteiger partial charge in [0.15, 0.2) is 17.1 Å². The fourth-order valence-electron chi connectivity index (χ4n) is 5.70. The minimum Gasteiger partial charge on any atom is -0.458 e. The van der Waals surface area contributed by atoms with Crippen molar-refractivity contribution in [3.8, 4) is 22.9 Å². The van der Waals surface area contributed by atoms with Crippen molar-refractivity contribution < 1.29 is 28.9 Å². The number of nitrogens with two attached hydrogens (primary N) is 1. The van der Waals surface area contributed by atoms with Crippen LogP contribution in [-0.4, -0.2) is 33.3 Å². The minimum atomic E-state index is -1.93. The third-order valence-corrected chi connectivity index (χ3v) is 7.87. The Morgan fingerprint density at radius 1 is 1.12 bits per heavy atom. The molecule has 3 aliphatic heterocycles. The summed E-state index contributed by atoms with van der Waals surface area (Å²) in [5, 5.41) is 14.9. The van der Waals surface area contributed by atoms with E-state index >= 15 is 0 Å². The van der Waals surface area contributed by atoms with Gasteiger partial charge in [0.2, 0.25) is 6.79 Å². The molecule has 1 amide bonds. The standard InChI is InChI=1S/C29H24N4O7/c1-2-29(37)20-8-22-25-18(11-33(22)27(35)19(20)12-38-28(29)36)17(10-31-26(34)14-4-3-5-15(30)6-14)16-7-23-24(40-13-39-23)9-21(16)32-25/h3-9,37H,2,10-13,30H2,1H3,(H,31,34)/t29-/m0/s1. The Hall–Kier alpha value is -4.90. The number of carbonyl (C=O) groups is 2. The number of amides is 1. The zero-order chi connectivity index (χ0) is 27.8. The Kier molecular flexibility index (Phi) is 5.17. The molecular formula is C29H24N4O7. The molecule has 1 atom stereocenters. The van der Waals surface area contributed by atoms with Crippen LogP contribution in [0.4, 0.5) is 5.69 Å². The highest BCUT2D eigenvalue weighted by Crippen LogP contribution is 2.43. The van der Waals surface area contributed by atoms with E-state index in [1.165, 1.54) is 0 Å². The van der Waals surface area contributed by atoms with Gasteiger partial charge in [0.05, 0.1) is 29.0 Å². The third kappa shape index (κ3) is 3.40. The lowest BCUT2D eigenvalue weighted by Crippen LogP contribution is -2.44. The van der Waals surface area contributed by atoms with Crippen LogP contribution in [0, 0.1) is 0 Å². The summed E-state index contributed by atoms with van der Waals surface area (Å²) in [5.74, 6) is 0.0101. The van der Waals surface area contributed by atoms with E-state index in [0.29, 0.717) is 39.7 Å². The number of nitrogens with one attached hydrogen (secondary N) is 1. The summed E-state index contributed by atoms with van der Waals surface area (Å²) < 4.78 is 17.9. The van der Waals surface area contributed by atoms with Gasteiger partial charge in [-0.25, -0.2) is 9.78 Å². The van der Waals surface area contributed by atoms with Crippen LogP contribution in [0.2, 0.25) is 0 Å². The smallest absolute Gasteiger partial charge is 0.343 e. The average molecular weight is 541 g/mol. The first kappa shape index (κ1) is 24.2. The van der Waals surface area contributed by atoms with E-state index in [2.05, 4.69) is 5.32 Å². The van der Waals surface area contributed by atoms with Crippen LogP contribution < -0.4 is 26.1 Å². The van der Waals surface area contributed by atoms with Gasteiger partial charge in [0, 0.05) is 40.4 Å². The van der Waals surface area contributed by atoms with Crippen LogP contribution in [0.3, 0.4) is 0 Å². The zero-order valence-electron chi connectivity index (χ0n) is 21.4. The van der Waals surface area contributed by atoms with Crippen molar-refractivity contribution >= 4 is 28.5 Å². The molecule has 0 saturated heterocycles. The maximum absolute atomic E-state index is 13.6. The van der Waals surface area contributed by atoms with Gasteiger partial charge in [-0.2, -0.15) is 0 Å². The van der Waals surface area contributed by atoms with Crippen LogP contribution in [0.5, 0.6) is 11.5 Å². The number of anilines is 1. The lowest BCUT2D eigenvalue weighted by atomic mass is 9.86. The van der Waals surface area contributed by atoms with E-state index < -0.39 is 11.6 Å². The second-order valence-electron chi connectivity index (χ2n) is 10.1. The van der Waals surface area contributed by atoms with Crippen molar-refractivity contribution in [2.75, 3.05) is 12.5 Å². The lowest BCUT2D eigenvalue weighted by molar-refractivity contribution is -0.172. The Bertz CT molecular complexity index is 1850. The number of esters is 1. The third-order valence-electron chi connectivity index (χ3n) is 7.87. The second kappa shape index (κ2) is 8.55. The number of rotatable bonds is 4. The van der Waals surface area contributed by atoms with Crippen molar-refractivity contribution in [3.63, 3.8) is 0 Å². The van der Waals surface area contributed by atoms with Gasteiger partial charge in [-0.15, -0.1) is 0 Å². The Morgan fingerprint density at radius 3 is 2.70 bits per heavy atom. The normalized spacial score (nSPS) is 18.2. The molecule has 5 heterocycles. The van der Waals surface area contributed by atoms with Crippen LogP contribution in [0.25, 0.3) is 22.3 Å². The van der Waals surface area contributed by atoms with Crippen LogP contribution >= 0.6 is 0 Å². The molecule has 2 aromatic heterocycles. The Morgan fingerprint density at radius 2 is 1.93 bits per heavy atom. The van der Waals surface area contributed by atoms with Crippen LogP contribution in [0.15, 0.2) is 47.3 Å². The number of aromatic nitrogens is 2. The van der Waals surface area contributed by atoms with E-state index in [0.717, 1.165) is 16.5 Å². The molecule has 0 bridgehead atoms. The highest BCUT2D eigenvalue weighted by Gasteiger charge is 2.45. The van der Waals surface area contributed by atoms with Gasteiger partial charge in [-0.1, -0.05) is 13.0 Å². The number of hydrogen-bond donors (Lipinski definition) is 3. The number of nitrogen functional groups attached to an aromatic ring is 1. The number of fused-ring (bicyclic) bond motifs is 6. The molecule has 202 valence electrons. The predicted molar refractivity (Wildman–Crippen MR) is 143 cm³/mol. The first-order chi connectivity index (χ1) is 19.3. The average Bonchev–Trinajstić information content (AvgIpc) is 3.56. The largest absolute Gasteiger partial charge is 0.458 e. The van der Waals surface area contributed by atoms with Crippen molar-refractivity contribution in [3.05, 3.63) is 80.6 Å². The van der Waals surface area contributed by atoms with Gasteiger partial charge in [-0.3, -0.25) is 9.59 Å². The van der Waals surface area contributed by atoms with Crippen molar-refractivity contribution in [1.29, 1.82) is 0 Å². The van der Waals surface area contributed by atoms with Crippen LogP contribution in [0.1, 0.15) is 46.0 Å². The molecule has 11 nitrogen and oxygen atoms in total. The molecule has 7 rings (SSSR count). The maximum atomic E-state index is 13.6. The quantitative estimate of drug-likeness (QED) is 0.230. The number of carbonyl (C=O) groups excluding carboxylic acids is 2. The van der Waals surface area contributed by atoms with E-state index in [-0.39, 0.29) is 55.5 Å². The highest BCUT2D eigenvalue weighted by molar-refractivity contribution is 5.96. The molecule has 0 aliphatic carbocycles. The van der Waals surface area contributed by atoms with Crippen molar-refractivity contribution in [1.82, 2.24) is 14.9 Å². The summed E-state index contributed by atoms with van der Waals surface area (Å²) in [6.45, 7) is 1.85. The molecule has 3 aliphatic rings. The number of pyridine rings is 2. The molecular weight excluding hydrogens is 516 g/mol. The summed E-state index contributed by atoms with van der Waals surface area (Å²) in [7, 11) is 0. The van der Waals surface area contributed by atoms with Gasteiger partial charge in [0.1, 0.15) is 6.61 Å². The number of ether oxygens (including phenoxy) is 3. The highest BCUT2D eigenvalue weighted by atomic mass is 16.7. The van der Waals surface area contributed by atoms with Gasteiger partial charge in [0.25, 0.3) is 11.5 Å². The fourth-order valence-corrected chi connectivity index (χ4v) is 5.70. The molecule has 4 N–H and O–H groups in total. The maximum Gasteiger partial charge on any atom is 0.343 e. The first-order valence-electron chi connectivity index (χ1n) is 12.8. The molecule has 0 fully saturated rings. The van der Waals surface area contributed by atoms with E-state index in [9.17, 15) is 19.5 Å². The van der Waals surface area contributed by atoms with Crippen molar-refractivity contribution in [2.24, 2.45) is 0 Å². The molecule has 0 unspecified atom stereocenters. The molecule has 0 spiro atoms. The Balaban J connectivity index is 1.40. The van der Waals surface area contributed by atoms with E-state index in [1.54, 1.807) is 47.9 Å². The Labute approximate surface area is 227 Å². The van der Waals surface area contributed by atoms with Gasteiger partial charge in [-0.05, 0) is 42.3 Å². The van der Waals surface area contributed by atoms with Crippen molar-refractivity contribution in [2.45, 2.75) is 38.6 Å². The lowest BCUT2D eigenvalue weighted by Gasteiger charge is -2.31. The molecule has 4 aromatic rings.